The third-order valence-corrected chi connectivity index (χ3v) is 9.12. The molecule has 2 amide bonds. The molecule has 31 heavy (non-hydrogen) atoms. The smallest absolute Gasteiger partial charge is 0.254 e. The van der Waals surface area contributed by atoms with Crippen molar-refractivity contribution in [3.05, 3.63) is 29.3 Å². The maximum Gasteiger partial charge on any atom is 0.254 e. The zero-order chi connectivity index (χ0) is 22.3. The van der Waals surface area contributed by atoms with Gasteiger partial charge in [-0.2, -0.15) is 4.31 Å². The molecule has 1 aromatic carbocycles. The first kappa shape index (κ1) is 22.3. The summed E-state index contributed by atoms with van der Waals surface area (Å²) in [4.78, 5) is 30.0. The summed E-state index contributed by atoms with van der Waals surface area (Å²) in [6.07, 6.45) is 4.40. The molecule has 1 aliphatic carbocycles. The number of carbonyl (C=O) groups excluding carboxylic acids is 2. The molecule has 0 unspecified atom stereocenters. The van der Waals surface area contributed by atoms with E-state index in [0.717, 1.165) is 31.2 Å². The highest BCUT2D eigenvalue weighted by molar-refractivity contribution is 7.89. The summed E-state index contributed by atoms with van der Waals surface area (Å²) < 4.78 is 27.3. The molecule has 0 aromatic heterocycles. The van der Waals surface area contributed by atoms with Gasteiger partial charge in [-0.05, 0) is 56.2 Å². The molecule has 4 rings (SSSR count). The first-order valence-electron chi connectivity index (χ1n) is 11.5. The Morgan fingerprint density at radius 3 is 2.48 bits per heavy atom. The molecule has 1 aromatic rings. The van der Waals surface area contributed by atoms with Crippen LogP contribution in [-0.2, 0) is 14.8 Å². The highest BCUT2D eigenvalue weighted by Gasteiger charge is 2.46. The molecule has 7 nitrogen and oxygen atoms in total. The minimum Gasteiger partial charge on any atom is -0.338 e. The van der Waals surface area contributed by atoms with Crippen LogP contribution in [0.25, 0.3) is 0 Å². The van der Waals surface area contributed by atoms with Crippen LogP contribution >= 0.6 is 0 Å². The van der Waals surface area contributed by atoms with Crippen molar-refractivity contribution in [1.82, 2.24) is 14.1 Å². The van der Waals surface area contributed by atoms with Crippen LogP contribution in [0.2, 0.25) is 0 Å². The van der Waals surface area contributed by atoms with Gasteiger partial charge in [0.15, 0.2) is 0 Å². The van der Waals surface area contributed by atoms with Gasteiger partial charge in [-0.25, -0.2) is 8.42 Å². The van der Waals surface area contributed by atoms with Gasteiger partial charge in [-0.15, -0.1) is 0 Å². The molecule has 0 bridgehead atoms. The number of hydrogen-bond donors (Lipinski definition) is 0. The van der Waals surface area contributed by atoms with E-state index in [1.165, 1.54) is 10.4 Å². The topological polar surface area (TPSA) is 78.0 Å². The fourth-order valence-corrected chi connectivity index (χ4v) is 6.66. The average molecular weight is 448 g/mol. The summed E-state index contributed by atoms with van der Waals surface area (Å²) in [6, 6.07) is 5.51. The molecule has 2 heterocycles. The Bertz CT molecular complexity index is 969. The molecule has 0 spiro atoms. The lowest BCUT2D eigenvalue weighted by molar-refractivity contribution is -0.141. The molecular formula is C23H33N3O4S. The molecule has 170 valence electrons. The van der Waals surface area contributed by atoms with Crippen LogP contribution in [0.5, 0.6) is 0 Å². The molecule has 2 saturated heterocycles. The fourth-order valence-electron chi connectivity index (χ4n) is 5.18. The summed E-state index contributed by atoms with van der Waals surface area (Å²) in [5.74, 6) is 0.468. The summed E-state index contributed by atoms with van der Waals surface area (Å²) in [6.45, 7) is 7.48. The number of sulfonamides is 1. The number of aryl methyl sites for hydroxylation is 1. The van der Waals surface area contributed by atoms with Gasteiger partial charge in [0.25, 0.3) is 5.91 Å². The van der Waals surface area contributed by atoms with Crippen LogP contribution in [0, 0.1) is 12.8 Å². The lowest BCUT2D eigenvalue weighted by Crippen LogP contribution is -2.57. The second-order valence-electron chi connectivity index (χ2n) is 9.00. The van der Waals surface area contributed by atoms with E-state index in [0.29, 0.717) is 50.1 Å². The average Bonchev–Trinajstić information content (AvgIpc) is 3.58. The predicted octanol–water partition coefficient (Wildman–Crippen LogP) is 2.64. The minimum atomic E-state index is -3.62. The maximum absolute atomic E-state index is 13.4. The largest absolute Gasteiger partial charge is 0.338 e. The summed E-state index contributed by atoms with van der Waals surface area (Å²) in [7, 11) is -3.62. The van der Waals surface area contributed by atoms with Crippen molar-refractivity contribution in [2.75, 3.05) is 26.2 Å². The first-order valence-corrected chi connectivity index (χ1v) is 12.9. The van der Waals surface area contributed by atoms with Gasteiger partial charge >= 0.3 is 0 Å². The molecule has 2 aliphatic heterocycles. The standard InChI is InChI=1S/C23H33N3O4S/c1-4-25(5-2)31(29,30)19-10-6-16(3)20(14-19)23(28)24-13-12-21-17(15-24)7-11-22(27)26(21)18-8-9-18/h6,10,14,17-18,21H,4-5,7-9,11-13,15H2,1-3H3/t17-,21+/m1/s1. The van der Waals surface area contributed by atoms with Crippen molar-refractivity contribution in [1.29, 1.82) is 0 Å². The van der Waals surface area contributed by atoms with Crippen LogP contribution in [0.3, 0.4) is 0 Å². The lowest BCUT2D eigenvalue weighted by atomic mass is 9.83. The Morgan fingerprint density at radius 2 is 1.84 bits per heavy atom. The van der Waals surface area contributed by atoms with Gasteiger partial charge in [-0.3, -0.25) is 9.59 Å². The molecule has 8 heteroatoms. The number of rotatable bonds is 6. The monoisotopic (exact) mass is 447 g/mol. The third kappa shape index (κ3) is 4.12. The van der Waals surface area contributed by atoms with E-state index in [2.05, 4.69) is 4.90 Å². The summed E-state index contributed by atoms with van der Waals surface area (Å²) >= 11 is 0. The van der Waals surface area contributed by atoms with E-state index < -0.39 is 10.0 Å². The maximum atomic E-state index is 13.4. The number of amides is 2. The first-order chi connectivity index (χ1) is 14.8. The van der Waals surface area contributed by atoms with Crippen LogP contribution < -0.4 is 0 Å². The highest BCUT2D eigenvalue weighted by Crippen LogP contribution is 2.39. The Morgan fingerprint density at radius 1 is 1.13 bits per heavy atom. The van der Waals surface area contributed by atoms with E-state index in [4.69, 9.17) is 0 Å². The van der Waals surface area contributed by atoms with Gasteiger partial charge in [0.2, 0.25) is 15.9 Å². The van der Waals surface area contributed by atoms with Gasteiger partial charge < -0.3 is 9.80 Å². The van der Waals surface area contributed by atoms with Crippen LogP contribution in [0.4, 0.5) is 0 Å². The van der Waals surface area contributed by atoms with Gasteiger partial charge in [-0.1, -0.05) is 19.9 Å². The Balaban J connectivity index is 1.54. The van der Waals surface area contributed by atoms with Crippen molar-refractivity contribution in [2.45, 2.75) is 69.9 Å². The number of fused-ring (bicyclic) bond motifs is 1. The van der Waals surface area contributed by atoms with E-state index in [9.17, 15) is 18.0 Å². The number of carbonyl (C=O) groups is 2. The molecule has 0 N–H and O–H groups in total. The number of benzene rings is 1. The molecule has 2 atom stereocenters. The Kier molecular flexibility index (Phi) is 6.14. The van der Waals surface area contributed by atoms with E-state index in [1.807, 2.05) is 25.7 Å². The van der Waals surface area contributed by atoms with Crippen molar-refractivity contribution < 1.29 is 18.0 Å². The van der Waals surface area contributed by atoms with Gasteiger partial charge in [0.1, 0.15) is 0 Å². The predicted molar refractivity (Wildman–Crippen MR) is 118 cm³/mol. The number of nitrogens with zero attached hydrogens (tertiary/aromatic N) is 3. The molecule has 3 aliphatic rings. The van der Waals surface area contributed by atoms with Crippen LogP contribution in [0.15, 0.2) is 23.1 Å². The summed E-state index contributed by atoms with van der Waals surface area (Å²) in [5.41, 5.74) is 1.24. The SMILES string of the molecule is CCN(CC)S(=O)(=O)c1ccc(C)c(C(=O)N2CC[C@H]3[C@H](CCC(=O)N3C3CC3)C2)c1. The number of hydrogen-bond acceptors (Lipinski definition) is 4. The Hall–Kier alpha value is -1.93. The quantitative estimate of drug-likeness (QED) is 0.672. The number of likely N-dealkylation sites (tertiary alicyclic amines) is 2. The number of piperidine rings is 2. The van der Waals surface area contributed by atoms with Crippen molar-refractivity contribution in [3.63, 3.8) is 0 Å². The van der Waals surface area contributed by atoms with Gasteiger partial charge in [0.05, 0.1) is 4.90 Å². The van der Waals surface area contributed by atoms with E-state index >= 15 is 0 Å². The van der Waals surface area contributed by atoms with Crippen molar-refractivity contribution in [2.24, 2.45) is 5.92 Å². The molecule has 3 fully saturated rings. The Labute approximate surface area is 185 Å². The minimum absolute atomic E-state index is 0.109. The molecular weight excluding hydrogens is 414 g/mol. The van der Waals surface area contributed by atoms with Crippen LogP contribution in [-0.4, -0.2) is 72.6 Å². The second-order valence-corrected chi connectivity index (χ2v) is 10.9. The van der Waals surface area contributed by atoms with Crippen LogP contribution in [0.1, 0.15) is 61.9 Å². The molecule has 0 radical (unpaired) electrons. The van der Waals surface area contributed by atoms with E-state index in [-0.39, 0.29) is 22.8 Å². The van der Waals surface area contributed by atoms with E-state index in [1.54, 1.807) is 12.1 Å². The van der Waals surface area contributed by atoms with Crippen molar-refractivity contribution in [3.8, 4) is 0 Å². The third-order valence-electron chi connectivity index (χ3n) is 7.08. The zero-order valence-corrected chi connectivity index (χ0v) is 19.5. The summed E-state index contributed by atoms with van der Waals surface area (Å²) in [5, 5.41) is 0. The fraction of sp³-hybridized carbons (Fsp3) is 0.652. The van der Waals surface area contributed by atoms with Gasteiger partial charge in [0, 0.05) is 50.2 Å². The second kappa shape index (κ2) is 8.54. The lowest BCUT2D eigenvalue weighted by Gasteiger charge is -2.47. The molecule has 1 saturated carbocycles. The van der Waals surface area contributed by atoms with Crippen molar-refractivity contribution >= 4 is 21.8 Å². The normalized spacial score (nSPS) is 24.5. The zero-order valence-electron chi connectivity index (χ0n) is 18.7. The highest BCUT2D eigenvalue weighted by atomic mass is 32.2.